The van der Waals surface area contributed by atoms with Gasteiger partial charge in [-0.15, -0.1) is 0 Å². The number of amides is 1. The molecule has 1 amide bonds. The van der Waals surface area contributed by atoms with Crippen LogP contribution in [0.3, 0.4) is 0 Å². The average molecular weight is 262 g/mol. The Bertz CT molecular complexity index is 503. The minimum atomic E-state index is 0.0403. The third-order valence-electron chi connectivity index (χ3n) is 3.72. The Morgan fingerprint density at radius 2 is 2.21 bits per heavy atom. The highest BCUT2D eigenvalue weighted by Crippen LogP contribution is 2.38. The summed E-state index contributed by atoms with van der Waals surface area (Å²) in [6.07, 6.45) is 0. The highest BCUT2D eigenvalue weighted by molar-refractivity contribution is 5.95. The van der Waals surface area contributed by atoms with Gasteiger partial charge in [-0.05, 0) is 25.1 Å². The van der Waals surface area contributed by atoms with E-state index in [1.807, 2.05) is 11.8 Å². The van der Waals surface area contributed by atoms with Crippen LogP contribution in [-0.2, 0) is 4.74 Å². The first-order valence-electron chi connectivity index (χ1n) is 6.53. The largest absolute Gasteiger partial charge is 0.492 e. The van der Waals surface area contributed by atoms with Crippen molar-refractivity contribution in [1.82, 2.24) is 4.90 Å². The number of carbonyl (C=O) groups excluding carboxylic acids is 1. The minimum Gasteiger partial charge on any atom is -0.492 e. The first-order chi connectivity index (χ1) is 9.13. The van der Waals surface area contributed by atoms with Crippen molar-refractivity contribution in [3.05, 3.63) is 23.8 Å². The summed E-state index contributed by atoms with van der Waals surface area (Å²) in [7, 11) is 0. The van der Waals surface area contributed by atoms with Crippen molar-refractivity contribution in [1.29, 1.82) is 0 Å². The number of rotatable bonds is 3. The fourth-order valence-electron chi connectivity index (χ4n) is 2.61. The third-order valence-corrected chi connectivity index (χ3v) is 3.72. The van der Waals surface area contributed by atoms with E-state index < -0.39 is 0 Å². The lowest BCUT2D eigenvalue weighted by atomic mass is 9.78. The van der Waals surface area contributed by atoms with Gasteiger partial charge >= 0.3 is 0 Å². The van der Waals surface area contributed by atoms with Gasteiger partial charge in [-0.25, -0.2) is 0 Å². The molecule has 1 aromatic carbocycles. The fraction of sp³-hybridized carbons (Fsp3) is 0.500. The van der Waals surface area contributed by atoms with E-state index in [-0.39, 0.29) is 11.3 Å². The smallest absolute Gasteiger partial charge is 0.254 e. The van der Waals surface area contributed by atoms with E-state index in [1.165, 1.54) is 0 Å². The molecule has 0 unspecified atom stereocenters. The summed E-state index contributed by atoms with van der Waals surface area (Å²) in [5.74, 6) is 0.619. The number of nitrogen functional groups attached to an aromatic ring is 1. The van der Waals surface area contributed by atoms with E-state index >= 15 is 0 Å². The Morgan fingerprint density at radius 1 is 1.47 bits per heavy atom. The standard InChI is InChI=1S/C14H18N2O3/c1-2-19-12-5-10(3-4-11(12)15)13(17)16-6-14(7-16)8-18-9-14/h3-5H,2,6-9,15H2,1H3. The average Bonchev–Trinajstić information content (AvgIpc) is 2.28. The van der Waals surface area contributed by atoms with Crippen LogP contribution in [0.2, 0.25) is 0 Å². The highest BCUT2D eigenvalue weighted by Gasteiger charge is 2.50. The molecule has 0 radical (unpaired) electrons. The predicted molar refractivity (Wildman–Crippen MR) is 71.2 cm³/mol. The second-order valence-electron chi connectivity index (χ2n) is 5.34. The second kappa shape index (κ2) is 4.42. The lowest BCUT2D eigenvalue weighted by molar-refractivity contribution is -0.176. The van der Waals surface area contributed by atoms with Crippen molar-refractivity contribution < 1.29 is 14.3 Å². The van der Waals surface area contributed by atoms with Crippen LogP contribution in [0.4, 0.5) is 5.69 Å². The van der Waals surface area contributed by atoms with Crippen LogP contribution in [0.5, 0.6) is 5.75 Å². The Balaban J connectivity index is 1.71. The van der Waals surface area contributed by atoms with Gasteiger partial charge in [0, 0.05) is 18.7 Å². The number of hydrogen-bond donors (Lipinski definition) is 1. The van der Waals surface area contributed by atoms with Crippen LogP contribution < -0.4 is 10.5 Å². The zero-order valence-corrected chi connectivity index (χ0v) is 11.0. The molecule has 0 saturated carbocycles. The van der Waals surface area contributed by atoms with Crippen LogP contribution in [0.15, 0.2) is 18.2 Å². The normalized spacial score (nSPS) is 19.7. The second-order valence-corrected chi connectivity index (χ2v) is 5.34. The van der Waals surface area contributed by atoms with Crippen molar-refractivity contribution in [2.45, 2.75) is 6.92 Å². The molecule has 2 N–H and O–H groups in total. The van der Waals surface area contributed by atoms with E-state index in [0.717, 1.165) is 26.3 Å². The molecule has 102 valence electrons. The van der Waals surface area contributed by atoms with Crippen LogP contribution in [0.25, 0.3) is 0 Å². The number of anilines is 1. The molecular formula is C14H18N2O3. The monoisotopic (exact) mass is 262 g/mol. The number of nitrogens with two attached hydrogens (primary N) is 1. The summed E-state index contributed by atoms with van der Waals surface area (Å²) < 4.78 is 10.6. The SMILES string of the molecule is CCOc1cc(C(=O)N2CC3(COC3)C2)ccc1N. The molecule has 0 aromatic heterocycles. The fourth-order valence-corrected chi connectivity index (χ4v) is 2.61. The number of benzene rings is 1. The molecule has 1 spiro atoms. The van der Waals surface area contributed by atoms with Crippen molar-refractivity contribution >= 4 is 11.6 Å². The zero-order chi connectivity index (χ0) is 13.5. The van der Waals surface area contributed by atoms with Crippen LogP contribution in [-0.4, -0.2) is 43.7 Å². The molecule has 19 heavy (non-hydrogen) atoms. The predicted octanol–water partition coefficient (Wildman–Crippen LogP) is 1.14. The van der Waals surface area contributed by atoms with E-state index in [2.05, 4.69) is 0 Å². The van der Waals surface area contributed by atoms with Gasteiger partial charge in [-0.3, -0.25) is 4.79 Å². The summed E-state index contributed by atoms with van der Waals surface area (Å²) in [5, 5.41) is 0. The first-order valence-corrected chi connectivity index (χ1v) is 6.53. The maximum Gasteiger partial charge on any atom is 0.254 e. The maximum atomic E-state index is 12.3. The molecule has 5 nitrogen and oxygen atoms in total. The van der Waals surface area contributed by atoms with Crippen molar-refractivity contribution in [2.24, 2.45) is 5.41 Å². The Hall–Kier alpha value is -1.75. The van der Waals surface area contributed by atoms with Crippen LogP contribution in [0.1, 0.15) is 17.3 Å². The van der Waals surface area contributed by atoms with Gasteiger partial charge in [-0.1, -0.05) is 0 Å². The number of carbonyl (C=O) groups is 1. The Morgan fingerprint density at radius 3 is 2.79 bits per heavy atom. The van der Waals surface area contributed by atoms with Gasteiger partial charge < -0.3 is 20.1 Å². The molecule has 3 rings (SSSR count). The molecule has 2 heterocycles. The molecule has 0 bridgehead atoms. The molecule has 1 aromatic rings. The number of hydrogen-bond acceptors (Lipinski definition) is 4. The topological polar surface area (TPSA) is 64.8 Å². The molecule has 2 aliphatic rings. The van der Waals surface area contributed by atoms with Gasteiger partial charge in [0.25, 0.3) is 5.91 Å². The van der Waals surface area contributed by atoms with Gasteiger partial charge in [0.05, 0.1) is 30.9 Å². The lowest BCUT2D eigenvalue weighted by Crippen LogP contribution is -2.67. The summed E-state index contributed by atoms with van der Waals surface area (Å²) >= 11 is 0. The van der Waals surface area contributed by atoms with Gasteiger partial charge in [0.15, 0.2) is 0 Å². The quantitative estimate of drug-likeness (QED) is 0.830. The highest BCUT2D eigenvalue weighted by atomic mass is 16.5. The zero-order valence-electron chi connectivity index (χ0n) is 11.0. The maximum absolute atomic E-state index is 12.3. The summed E-state index contributed by atoms with van der Waals surface area (Å²) in [6.45, 7) is 5.57. The molecular weight excluding hydrogens is 244 g/mol. The molecule has 5 heteroatoms. The van der Waals surface area contributed by atoms with E-state index in [9.17, 15) is 4.79 Å². The van der Waals surface area contributed by atoms with Crippen LogP contribution >= 0.6 is 0 Å². The first kappa shape index (κ1) is 12.3. The van der Waals surface area contributed by atoms with Crippen molar-refractivity contribution in [3.8, 4) is 5.75 Å². The Labute approximate surface area is 112 Å². The van der Waals surface area contributed by atoms with Gasteiger partial charge in [0.2, 0.25) is 0 Å². The summed E-state index contributed by atoms with van der Waals surface area (Å²) in [5.41, 5.74) is 7.24. The third kappa shape index (κ3) is 2.04. The Kier molecular flexibility index (Phi) is 2.86. The van der Waals surface area contributed by atoms with E-state index in [4.69, 9.17) is 15.2 Å². The van der Waals surface area contributed by atoms with Crippen LogP contribution in [0, 0.1) is 5.41 Å². The molecule has 0 atom stereocenters. The molecule has 2 saturated heterocycles. The van der Waals surface area contributed by atoms with E-state index in [0.29, 0.717) is 23.6 Å². The molecule has 2 aliphatic heterocycles. The molecule has 2 fully saturated rings. The molecule has 0 aliphatic carbocycles. The number of ether oxygens (including phenoxy) is 2. The van der Waals surface area contributed by atoms with Gasteiger partial charge in [-0.2, -0.15) is 0 Å². The van der Waals surface area contributed by atoms with Gasteiger partial charge in [0.1, 0.15) is 5.75 Å². The van der Waals surface area contributed by atoms with Crippen molar-refractivity contribution in [3.63, 3.8) is 0 Å². The minimum absolute atomic E-state index is 0.0403. The van der Waals surface area contributed by atoms with E-state index in [1.54, 1.807) is 18.2 Å². The number of likely N-dealkylation sites (tertiary alicyclic amines) is 1. The summed E-state index contributed by atoms with van der Waals surface area (Å²) in [4.78, 5) is 14.2. The van der Waals surface area contributed by atoms with Crippen molar-refractivity contribution in [2.75, 3.05) is 38.6 Å². The number of nitrogens with zero attached hydrogens (tertiary/aromatic N) is 1. The lowest BCUT2D eigenvalue weighted by Gasteiger charge is -2.54. The summed E-state index contributed by atoms with van der Waals surface area (Å²) in [6, 6.07) is 5.20.